The standard InChI is InChI=1S/C11H14FNS/c1-11(2)7-13-9-5-3-4-8(6-12)10(9)14-11/h3-5,13H,6-7H2,1-2H3. The molecule has 0 fully saturated rings. The molecule has 1 aromatic carbocycles. The topological polar surface area (TPSA) is 12.0 Å². The van der Waals surface area contributed by atoms with E-state index in [2.05, 4.69) is 19.2 Å². The lowest BCUT2D eigenvalue weighted by Gasteiger charge is -2.32. The Kier molecular flexibility index (Phi) is 2.43. The van der Waals surface area contributed by atoms with E-state index in [-0.39, 0.29) is 11.4 Å². The van der Waals surface area contributed by atoms with Gasteiger partial charge < -0.3 is 5.32 Å². The summed E-state index contributed by atoms with van der Waals surface area (Å²) in [5.74, 6) is 0. The summed E-state index contributed by atoms with van der Waals surface area (Å²) in [6, 6.07) is 5.77. The molecule has 1 heterocycles. The zero-order chi connectivity index (χ0) is 10.2. The molecular formula is C11H14FNS. The van der Waals surface area contributed by atoms with Crippen molar-refractivity contribution in [1.82, 2.24) is 0 Å². The van der Waals surface area contributed by atoms with Gasteiger partial charge in [-0.25, -0.2) is 4.39 Å². The maximum absolute atomic E-state index is 12.7. The van der Waals surface area contributed by atoms with Crippen LogP contribution in [0.3, 0.4) is 0 Å². The quantitative estimate of drug-likeness (QED) is 0.763. The highest BCUT2D eigenvalue weighted by Crippen LogP contribution is 2.43. The van der Waals surface area contributed by atoms with Crippen LogP contribution >= 0.6 is 11.8 Å². The van der Waals surface area contributed by atoms with Gasteiger partial charge in [0.25, 0.3) is 0 Å². The molecule has 0 bridgehead atoms. The van der Waals surface area contributed by atoms with E-state index in [1.807, 2.05) is 18.2 Å². The number of nitrogens with one attached hydrogen (secondary N) is 1. The number of halogens is 1. The van der Waals surface area contributed by atoms with E-state index in [0.29, 0.717) is 0 Å². The summed E-state index contributed by atoms with van der Waals surface area (Å²) < 4.78 is 12.9. The zero-order valence-electron chi connectivity index (χ0n) is 8.43. The van der Waals surface area contributed by atoms with Crippen molar-refractivity contribution in [3.05, 3.63) is 23.8 Å². The van der Waals surface area contributed by atoms with Gasteiger partial charge in [0, 0.05) is 21.9 Å². The van der Waals surface area contributed by atoms with Gasteiger partial charge in [-0.1, -0.05) is 12.1 Å². The Morgan fingerprint density at radius 3 is 3.00 bits per heavy atom. The van der Waals surface area contributed by atoms with Crippen LogP contribution in [0.5, 0.6) is 0 Å². The van der Waals surface area contributed by atoms with Crippen LogP contribution < -0.4 is 5.32 Å². The minimum Gasteiger partial charge on any atom is -0.383 e. The molecule has 0 spiro atoms. The molecule has 1 aliphatic heterocycles. The minimum absolute atomic E-state index is 0.151. The Balaban J connectivity index is 2.43. The molecular weight excluding hydrogens is 197 g/mol. The molecule has 0 aliphatic carbocycles. The smallest absolute Gasteiger partial charge is 0.116 e. The molecule has 0 atom stereocenters. The van der Waals surface area contributed by atoms with Crippen LogP contribution in [0.4, 0.5) is 10.1 Å². The zero-order valence-corrected chi connectivity index (χ0v) is 9.25. The lowest BCUT2D eigenvalue weighted by molar-refractivity contribution is 0.479. The number of fused-ring (bicyclic) bond motifs is 1. The van der Waals surface area contributed by atoms with Crippen molar-refractivity contribution in [2.45, 2.75) is 30.2 Å². The van der Waals surface area contributed by atoms with Gasteiger partial charge in [0.05, 0.1) is 0 Å². The van der Waals surface area contributed by atoms with Gasteiger partial charge in [0.2, 0.25) is 0 Å². The van der Waals surface area contributed by atoms with E-state index in [0.717, 1.165) is 22.7 Å². The van der Waals surface area contributed by atoms with Crippen molar-refractivity contribution in [2.75, 3.05) is 11.9 Å². The van der Waals surface area contributed by atoms with Crippen LogP contribution in [-0.4, -0.2) is 11.3 Å². The van der Waals surface area contributed by atoms with Gasteiger partial charge in [-0.05, 0) is 25.5 Å². The number of alkyl halides is 1. The third-order valence-corrected chi connectivity index (χ3v) is 3.71. The molecule has 0 aromatic heterocycles. The Labute approximate surface area is 88.1 Å². The van der Waals surface area contributed by atoms with Gasteiger partial charge in [-0.3, -0.25) is 0 Å². The highest BCUT2D eigenvalue weighted by atomic mass is 32.2. The van der Waals surface area contributed by atoms with E-state index in [1.165, 1.54) is 0 Å². The van der Waals surface area contributed by atoms with Crippen LogP contribution in [0.25, 0.3) is 0 Å². The first-order valence-electron chi connectivity index (χ1n) is 4.73. The van der Waals surface area contributed by atoms with Crippen LogP contribution in [0.1, 0.15) is 19.4 Å². The summed E-state index contributed by atoms with van der Waals surface area (Å²) in [6.45, 7) is 4.89. The maximum atomic E-state index is 12.7. The Morgan fingerprint density at radius 2 is 2.29 bits per heavy atom. The molecule has 0 radical (unpaired) electrons. The summed E-state index contributed by atoms with van der Waals surface area (Å²) in [4.78, 5) is 1.08. The average Bonchev–Trinajstić information content (AvgIpc) is 2.15. The second-order valence-corrected chi connectivity index (χ2v) is 5.86. The van der Waals surface area contributed by atoms with E-state index in [1.54, 1.807) is 11.8 Å². The lowest BCUT2D eigenvalue weighted by Crippen LogP contribution is -2.30. The highest BCUT2D eigenvalue weighted by molar-refractivity contribution is 8.01. The van der Waals surface area contributed by atoms with Crippen LogP contribution in [0.15, 0.2) is 23.1 Å². The van der Waals surface area contributed by atoms with Crippen molar-refractivity contribution < 1.29 is 4.39 Å². The molecule has 3 heteroatoms. The molecule has 1 aliphatic rings. The molecule has 1 N–H and O–H groups in total. The SMILES string of the molecule is CC1(C)CNc2cccc(CF)c2S1. The second-order valence-electron chi connectivity index (χ2n) is 4.14. The Morgan fingerprint density at radius 1 is 1.50 bits per heavy atom. The lowest BCUT2D eigenvalue weighted by atomic mass is 10.1. The van der Waals surface area contributed by atoms with Crippen LogP contribution in [0, 0.1) is 0 Å². The number of hydrogen-bond acceptors (Lipinski definition) is 2. The summed E-state index contributed by atoms with van der Waals surface area (Å²) in [7, 11) is 0. The molecule has 76 valence electrons. The third kappa shape index (κ3) is 1.73. The van der Waals surface area contributed by atoms with E-state index in [4.69, 9.17) is 0 Å². The third-order valence-electron chi connectivity index (χ3n) is 2.32. The average molecular weight is 211 g/mol. The Hall–Kier alpha value is -0.700. The van der Waals surface area contributed by atoms with Crippen LogP contribution in [-0.2, 0) is 6.67 Å². The predicted octanol–water partition coefficient (Wildman–Crippen LogP) is 3.45. The molecule has 0 saturated carbocycles. The largest absolute Gasteiger partial charge is 0.383 e. The fraction of sp³-hybridized carbons (Fsp3) is 0.455. The number of anilines is 1. The van der Waals surface area contributed by atoms with Gasteiger partial charge in [-0.2, -0.15) is 0 Å². The normalized spacial score (nSPS) is 18.5. The van der Waals surface area contributed by atoms with Gasteiger partial charge in [-0.15, -0.1) is 11.8 Å². The highest BCUT2D eigenvalue weighted by Gasteiger charge is 2.27. The second kappa shape index (κ2) is 3.46. The molecule has 1 aromatic rings. The first kappa shape index (κ1) is 9.84. The summed E-state index contributed by atoms with van der Waals surface area (Å²) in [5, 5.41) is 3.34. The van der Waals surface area contributed by atoms with Gasteiger partial charge in [0.15, 0.2) is 0 Å². The summed E-state index contributed by atoms with van der Waals surface area (Å²) in [6.07, 6.45) is 0. The van der Waals surface area contributed by atoms with Crippen molar-refractivity contribution in [1.29, 1.82) is 0 Å². The first-order chi connectivity index (χ1) is 6.62. The minimum atomic E-state index is -0.381. The summed E-state index contributed by atoms with van der Waals surface area (Å²) in [5.41, 5.74) is 1.87. The molecule has 0 amide bonds. The predicted molar refractivity (Wildman–Crippen MR) is 59.7 cm³/mol. The first-order valence-corrected chi connectivity index (χ1v) is 5.55. The van der Waals surface area contributed by atoms with E-state index >= 15 is 0 Å². The van der Waals surface area contributed by atoms with E-state index < -0.39 is 0 Å². The molecule has 0 unspecified atom stereocenters. The number of benzene rings is 1. The molecule has 14 heavy (non-hydrogen) atoms. The Bertz CT molecular complexity index is 335. The molecule has 2 rings (SSSR count). The van der Waals surface area contributed by atoms with Crippen molar-refractivity contribution in [3.63, 3.8) is 0 Å². The van der Waals surface area contributed by atoms with E-state index in [9.17, 15) is 4.39 Å². The fourth-order valence-corrected chi connectivity index (χ4v) is 2.77. The van der Waals surface area contributed by atoms with Gasteiger partial charge in [0.1, 0.15) is 6.67 Å². The molecule has 0 saturated heterocycles. The maximum Gasteiger partial charge on any atom is 0.116 e. The van der Waals surface area contributed by atoms with Crippen molar-refractivity contribution in [2.24, 2.45) is 0 Å². The van der Waals surface area contributed by atoms with Gasteiger partial charge >= 0.3 is 0 Å². The number of thioether (sulfide) groups is 1. The molecule has 1 nitrogen and oxygen atoms in total. The van der Waals surface area contributed by atoms with Crippen LogP contribution in [0.2, 0.25) is 0 Å². The monoisotopic (exact) mass is 211 g/mol. The number of rotatable bonds is 1. The fourth-order valence-electron chi connectivity index (χ4n) is 1.57. The van der Waals surface area contributed by atoms with Crippen molar-refractivity contribution in [3.8, 4) is 0 Å². The van der Waals surface area contributed by atoms with Crippen molar-refractivity contribution >= 4 is 17.4 Å². The summed E-state index contributed by atoms with van der Waals surface area (Å²) >= 11 is 1.76. The number of hydrogen-bond donors (Lipinski definition) is 1.